The number of carbonyl (C=O) groups is 2. The normalized spacial score (nSPS) is 14.0. The van der Waals surface area contributed by atoms with Gasteiger partial charge in [-0.3, -0.25) is 9.59 Å². The summed E-state index contributed by atoms with van der Waals surface area (Å²) in [6.07, 6.45) is 11.9. The second kappa shape index (κ2) is 14.9. The van der Waals surface area contributed by atoms with E-state index >= 15 is 0 Å². The molecule has 1 aliphatic heterocycles. The van der Waals surface area contributed by atoms with Gasteiger partial charge in [0, 0.05) is 49.5 Å². The van der Waals surface area contributed by atoms with Crippen LogP contribution in [0, 0.1) is 0 Å². The number of nitrogens with zero attached hydrogens (tertiary/aromatic N) is 2. The molecule has 5 heteroatoms. The largest absolute Gasteiger partial charge is 0.368 e. The molecule has 5 nitrogen and oxygen atoms in total. The van der Waals surface area contributed by atoms with Crippen LogP contribution in [-0.4, -0.2) is 42.9 Å². The van der Waals surface area contributed by atoms with Crippen LogP contribution in [0.3, 0.4) is 0 Å². The lowest BCUT2D eigenvalue weighted by atomic mass is 9.86. The van der Waals surface area contributed by atoms with E-state index in [1.54, 1.807) is 0 Å². The molecule has 0 spiro atoms. The van der Waals surface area contributed by atoms with E-state index in [1.165, 1.54) is 50.5 Å². The second-order valence-electron chi connectivity index (χ2n) is 11.8. The van der Waals surface area contributed by atoms with Gasteiger partial charge in [-0.15, -0.1) is 0 Å². The number of piperazine rings is 1. The molecule has 0 bridgehead atoms. The van der Waals surface area contributed by atoms with E-state index in [-0.39, 0.29) is 17.2 Å². The van der Waals surface area contributed by atoms with Gasteiger partial charge in [-0.1, -0.05) is 91.2 Å². The van der Waals surface area contributed by atoms with Gasteiger partial charge in [-0.2, -0.15) is 0 Å². The van der Waals surface area contributed by atoms with E-state index in [1.807, 2.05) is 29.2 Å². The van der Waals surface area contributed by atoms with E-state index in [0.717, 1.165) is 42.9 Å². The minimum absolute atomic E-state index is 0.0819. The van der Waals surface area contributed by atoms with Crippen molar-refractivity contribution in [2.45, 2.75) is 97.3 Å². The zero-order valence-corrected chi connectivity index (χ0v) is 24.2. The van der Waals surface area contributed by atoms with Crippen molar-refractivity contribution in [3.8, 4) is 0 Å². The highest BCUT2D eigenvalue weighted by molar-refractivity contribution is 5.94. The van der Waals surface area contributed by atoms with Gasteiger partial charge in [0.15, 0.2) is 0 Å². The molecule has 1 fully saturated rings. The molecule has 0 atom stereocenters. The summed E-state index contributed by atoms with van der Waals surface area (Å²) in [7, 11) is 0. The predicted molar refractivity (Wildman–Crippen MR) is 160 cm³/mol. The van der Waals surface area contributed by atoms with E-state index in [9.17, 15) is 9.59 Å². The standard InChI is InChI=1S/C33H49N3O2/c1-5-6-7-8-9-10-11-12-13-14-31(37)34-29-19-21-30(22-20-29)35-23-25-36(26-24-35)32(38)27-15-17-28(18-16-27)33(2,3)4/h15-22H,5-14,23-26H2,1-4H3,(H,34,37). The highest BCUT2D eigenvalue weighted by Crippen LogP contribution is 2.24. The highest BCUT2D eigenvalue weighted by Gasteiger charge is 2.23. The first-order valence-corrected chi connectivity index (χ1v) is 14.8. The molecule has 2 aromatic carbocycles. The van der Waals surface area contributed by atoms with Gasteiger partial charge < -0.3 is 15.1 Å². The first-order valence-electron chi connectivity index (χ1n) is 14.8. The third-order valence-electron chi connectivity index (χ3n) is 7.59. The van der Waals surface area contributed by atoms with Crippen molar-refractivity contribution in [1.29, 1.82) is 0 Å². The number of rotatable bonds is 13. The zero-order valence-electron chi connectivity index (χ0n) is 24.2. The maximum atomic E-state index is 13.0. The minimum Gasteiger partial charge on any atom is -0.368 e. The van der Waals surface area contributed by atoms with E-state index in [4.69, 9.17) is 0 Å². The summed E-state index contributed by atoms with van der Waals surface area (Å²) in [5.74, 6) is 0.207. The molecule has 0 unspecified atom stereocenters. The fraction of sp³-hybridized carbons (Fsp3) is 0.576. The first-order chi connectivity index (χ1) is 18.3. The quantitative estimate of drug-likeness (QED) is 0.275. The van der Waals surface area contributed by atoms with Crippen LogP contribution in [-0.2, 0) is 10.2 Å². The van der Waals surface area contributed by atoms with Crippen LogP contribution < -0.4 is 10.2 Å². The van der Waals surface area contributed by atoms with Gasteiger partial charge in [-0.25, -0.2) is 0 Å². The number of amides is 2. The Morgan fingerprint density at radius 1 is 0.737 bits per heavy atom. The third kappa shape index (κ3) is 9.49. The first kappa shape index (κ1) is 29.7. The molecular weight excluding hydrogens is 470 g/mol. The Morgan fingerprint density at radius 2 is 1.29 bits per heavy atom. The fourth-order valence-electron chi connectivity index (χ4n) is 5.04. The lowest BCUT2D eigenvalue weighted by Gasteiger charge is -2.36. The molecule has 208 valence electrons. The molecule has 0 radical (unpaired) electrons. The Balaban J connectivity index is 1.35. The van der Waals surface area contributed by atoms with E-state index < -0.39 is 0 Å². The maximum absolute atomic E-state index is 13.0. The van der Waals surface area contributed by atoms with E-state index in [0.29, 0.717) is 19.5 Å². The number of unbranched alkanes of at least 4 members (excludes halogenated alkanes) is 8. The molecule has 1 aliphatic rings. The zero-order chi connectivity index (χ0) is 27.4. The summed E-state index contributed by atoms with van der Waals surface area (Å²) in [5.41, 5.74) is 4.06. The Bertz CT molecular complexity index is 984. The molecule has 2 aromatic rings. The molecule has 0 saturated carbocycles. The maximum Gasteiger partial charge on any atom is 0.253 e. The number of benzene rings is 2. The van der Waals surface area contributed by atoms with Crippen molar-refractivity contribution >= 4 is 23.2 Å². The summed E-state index contributed by atoms with van der Waals surface area (Å²) in [6, 6.07) is 16.2. The fourth-order valence-corrected chi connectivity index (χ4v) is 5.04. The number of carbonyl (C=O) groups excluding carboxylic acids is 2. The molecular formula is C33H49N3O2. The monoisotopic (exact) mass is 519 g/mol. The molecule has 1 N–H and O–H groups in total. The van der Waals surface area contributed by atoms with Crippen molar-refractivity contribution in [1.82, 2.24) is 4.90 Å². The molecule has 3 rings (SSSR count). The number of nitrogens with one attached hydrogen (secondary N) is 1. The SMILES string of the molecule is CCCCCCCCCCCC(=O)Nc1ccc(N2CCN(C(=O)c3ccc(C(C)(C)C)cc3)CC2)cc1. The van der Waals surface area contributed by atoms with Crippen LogP contribution in [0.1, 0.15) is 108 Å². The van der Waals surface area contributed by atoms with Crippen molar-refractivity contribution in [3.05, 3.63) is 59.7 Å². The van der Waals surface area contributed by atoms with Gasteiger partial charge in [-0.05, 0) is 53.8 Å². The van der Waals surface area contributed by atoms with Gasteiger partial charge in [0.05, 0.1) is 0 Å². The lowest BCUT2D eigenvalue weighted by molar-refractivity contribution is -0.116. The van der Waals surface area contributed by atoms with Gasteiger partial charge in [0.1, 0.15) is 0 Å². The van der Waals surface area contributed by atoms with Crippen molar-refractivity contribution < 1.29 is 9.59 Å². The van der Waals surface area contributed by atoms with Crippen molar-refractivity contribution in [2.75, 3.05) is 36.4 Å². The Morgan fingerprint density at radius 3 is 1.84 bits per heavy atom. The Hall–Kier alpha value is -2.82. The summed E-state index contributed by atoms with van der Waals surface area (Å²) in [6.45, 7) is 11.8. The average molecular weight is 520 g/mol. The van der Waals surface area contributed by atoms with E-state index in [2.05, 4.69) is 62.2 Å². The Labute approximate surface area is 231 Å². The molecule has 1 heterocycles. The number of hydrogen-bond acceptors (Lipinski definition) is 3. The average Bonchev–Trinajstić information content (AvgIpc) is 2.92. The van der Waals surface area contributed by atoms with Crippen LogP contribution in [0.2, 0.25) is 0 Å². The Kier molecular flexibility index (Phi) is 11.7. The summed E-state index contributed by atoms with van der Waals surface area (Å²) < 4.78 is 0. The van der Waals surface area contributed by atoms with Gasteiger partial charge in [0.2, 0.25) is 5.91 Å². The third-order valence-corrected chi connectivity index (χ3v) is 7.59. The topological polar surface area (TPSA) is 52.7 Å². The summed E-state index contributed by atoms with van der Waals surface area (Å²) in [5, 5.41) is 3.04. The molecule has 0 aromatic heterocycles. The van der Waals surface area contributed by atoms with Gasteiger partial charge >= 0.3 is 0 Å². The van der Waals surface area contributed by atoms with Crippen LogP contribution in [0.5, 0.6) is 0 Å². The van der Waals surface area contributed by atoms with Crippen LogP contribution in [0.25, 0.3) is 0 Å². The molecule has 2 amide bonds. The van der Waals surface area contributed by atoms with Crippen LogP contribution >= 0.6 is 0 Å². The lowest BCUT2D eigenvalue weighted by Crippen LogP contribution is -2.48. The number of hydrogen-bond donors (Lipinski definition) is 1. The molecule has 1 saturated heterocycles. The molecule has 0 aliphatic carbocycles. The van der Waals surface area contributed by atoms with Crippen LogP contribution in [0.15, 0.2) is 48.5 Å². The summed E-state index contributed by atoms with van der Waals surface area (Å²) >= 11 is 0. The predicted octanol–water partition coefficient (Wildman–Crippen LogP) is 7.81. The smallest absolute Gasteiger partial charge is 0.253 e. The van der Waals surface area contributed by atoms with Crippen LogP contribution in [0.4, 0.5) is 11.4 Å². The second-order valence-corrected chi connectivity index (χ2v) is 11.8. The van der Waals surface area contributed by atoms with Crippen molar-refractivity contribution in [3.63, 3.8) is 0 Å². The van der Waals surface area contributed by atoms with Crippen molar-refractivity contribution in [2.24, 2.45) is 0 Å². The minimum atomic E-state index is 0.0819. The summed E-state index contributed by atoms with van der Waals surface area (Å²) in [4.78, 5) is 29.6. The highest BCUT2D eigenvalue weighted by atomic mass is 16.2. The molecule has 38 heavy (non-hydrogen) atoms. The van der Waals surface area contributed by atoms with Gasteiger partial charge in [0.25, 0.3) is 5.91 Å². The number of anilines is 2.